The highest BCUT2D eigenvalue weighted by Gasteiger charge is 2.12. The van der Waals surface area contributed by atoms with Gasteiger partial charge in [0.05, 0.1) is 0 Å². The van der Waals surface area contributed by atoms with Crippen LogP contribution in [0.4, 0.5) is 4.39 Å². The van der Waals surface area contributed by atoms with Gasteiger partial charge in [0.15, 0.2) is 0 Å². The fourth-order valence-corrected chi connectivity index (χ4v) is 2.71. The number of aryl methyl sites for hydroxylation is 2. The van der Waals surface area contributed by atoms with Crippen LogP contribution in [0.1, 0.15) is 34.7 Å². The molecule has 0 spiro atoms. The van der Waals surface area contributed by atoms with Crippen molar-refractivity contribution >= 4 is 0 Å². The molecule has 2 aromatic carbocycles. The average Bonchev–Trinajstić information content (AvgIpc) is 2.43. The van der Waals surface area contributed by atoms with E-state index < -0.39 is 0 Å². The van der Waals surface area contributed by atoms with Gasteiger partial charge in [-0.1, -0.05) is 36.4 Å². The highest BCUT2D eigenvalue weighted by atomic mass is 19.1. The maximum Gasteiger partial charge on any atom is 0.126 e. The monoisotopic (exact) mass is 271 g/mol. The molecule has 0 fully saturated rings. The van der Waals surface area contributed by atoms with Gasteiger partial charge in [0.25, 0.3) is 0 Å². The fourth-order valence-electron chi connectivity index (χ4n) is 2.71. The lowest BCUT2D eigenvalue weighted by atomic mass is 9.95. The Kier molecular flexibility index (Phi) is 4.91. The van der Waals surface area contributed by atoms with E-state index >= 15 is 0 Å². The maximum absolute atomic E-state index is 14.0. The van der Waals surface area contributed by atoms with E-state index in [1.807, 2.05) is 39.1 Å². The van der Waals surface area contributed by atoms with E-state index in [0.29, 0.717) is 0 Å². The van der Waals surface area contributed by atoms with E-state index in [-0.39, 0.29) is 11.9 Å². The summed E-state index contributed by atoms with van der Waals surface area (Å²) in [5, 5.41) is 3.32. The summed E-state index contributed by atoms with van der Waals surface area (Å²) in [6.45, 7) is 3.92. The lowest BCUT2D eigenvalue weighted by molar-refractivity contribution is 0.533. The summed E-state index contributed by atoms with van der Waals surface area (Å²) in [6, 6.07) is 14.2. The number of hydrogen-bond donors (Lipinski definition) is 1. The van der Waals surface area contributed by atoms with Crippen LogP contribution in [0.2, 0.25) is 0 Å². The first kappa shape index (κ1) is 14.7. The van der Waals surface area contributed by atoms with Crippen molar-refractivity contribution in [1.82, 2.24) is 5.32 Å². The first-order valence-corrected chi connectivity index (χ1v) is 7.09. The zero-order valence-corrected chi connectivity index (χ0v) is 12.4. The van der Waals surface area contributed by atoms with Crippen LogP contribution in [-0.4, -0.2) is 7.05 Å². The Bertz CT molecular complexity index is 540. The smallest absolute Gasteiger partial charge is 0.126 e. The second-order valence-electron chi connectivity index (χ2n) is 5.33. The van der Waals surface area contributed by atoms with Crippen LogP contribution in [0.3, 0.4) is 0 Å². The van der Waals surface area contributed by atoms with Crippen LogP contribution in [0.5, 0.6) is 0 Å². The van der Waals surface area contributed by atoms with Crippen LogP contribution in [0.25, 0.3) is 0 Å². The van der Waals surface area contributed by atoms with Gasteiger partial charge in [0.1, 0.15) is 5.82 Å². The van der Waals surface area contributed by atoms with Crippen LogP contribution in [0, 0.1) is 19.7 Å². The second-order valence-corrected chi connectivity index (χ2v) is 5.33. The lowest BCUT2D eigenvalue weighted by Crippen LogP contribution is -2.17. The molecule has 20 heavy (non-hydrogen) atoms. The van der Waals surface area contributed by atoms with Crippen molar-refractivity contribution in [3.05, 3.63) is 70.5 Å². The molecule has 0 aliphatic carbocycles. The molecule has 0 aliphatic rings. The standard InChI is InChI=1S/C18H22FN/c1-13-11-14(2)16(17(19)12-13)9-10-18(20-3)15-7-5-4-6-8-15/h4-8,11-12,18,20H,9-10H2,1-3H3. The SMILES string of the molecule is CNC(CCc1c(C)cc(C)cc1F)c1ccccc1. The molecule has 2 heteroatoms. The Morgan fingerprint density at radius 1 is 1.10 bits per heavy atom. The van der Waals surface area contributed by atoms with E-state index in [0.717, 1.165) is 29.5 Å². The molecule has 106 valence electrons. The normalized spacial score (nSPS) is 12.4. The van der Waals surface area contributed by atoms with Gasteiger partial charge in [0, 0.05) is 6.04 Å². The number of nitrogens with one attached hydrogen (secondary N) is 1. The van der Waals surface area contributed by atoms with Crippen molar-refractivity contribution in [2.75, 3.05) is 7.05 Å². The van der Waals surface area contributed by atoms with Gasteiger partial charge in [-0.25, -0.2) is 4.39 Å². The Morgan fingerprint density at radius 3 is 2.40 bits per heavy atom. The molecule has 1 unspecified atom stereocenters. The lowest BCUT2D eigenvalue weighted by Gasteiger charge is -2.17. The third kappa shape index (κ3) is 3.45. The van der Waals surface area contributed by atoms with Gasteiger partial charge < -0.3 is 5.32 Å². The number of hydrogen-bond acceptors (Lipinski definition) is 1. The number of halogens is 1. The van der Waals surface area contributed by atoms with Crippen LogP contribution >= 0.6 is 0 Å². The minimum absolute atomic E-state index is 0.0783. The zero-order valence-electron chi connectivity index (χ0n) is 12.4. The summed E-state index contributed by atoms with van der Waals surface area (Å²) < 4.78 is 14.0. The van der Waals surface area contributed by atoms with Crippen molar-refractivity contribution in [1.29, 1.82) is 0 Å². The molecular weight excluding hydrogens is 249 g/mol. The maximum atomic E-state index is 14.0. The molecule has 2 rings (SSSR count). The molecule has 0 aromatic heterocycles. The predicted molar refractivity (Wildman–Crippen MR) is 82.4 cm³/mol. The Morgan fingerprint density at radius 2 is 1.80 bits per heavy atom. The molecule has 1 atom stereocenters. The summed E-state index contributed by atoms with van der Waals surface area (Å²) in [6.07, 6.45) is 1.64. The molecule has 1 nitrogen and oxygen atoms in total. The first-order valence-electron chi connectivity index (χ1n) is 7.09. The van der Waals surface area contributed by atoms with Crippen molar-refractivity contribution in [3.63, 3.8) is 0 Å². The van der Waals surface area contributed by atoms with Crippen LogP contribution in [-0.2, 0) is 6.42 Å². The zero-order chi connectivity index (χ0) is 14.5. The van der Waals surface area contributed by atoms with Crippen molar-refractivity contribution < 1.29 is 4.39 Å². The molecule has 0 bridgehead atoms. The molecule has 0 amide bonds. The highest BCUT2D eigenvalue weighted by molar-refractivity contribution is 5.32. The van der Waals surface area contributed by atoms with E-state index in [9.17, 15) is 4.39 Å². The van der Waals surface area contributed by atoms with Gasteiger partial charge in [-0.3, -0.25) is 0 Å². The van der Waals surface area contributed by atoms with Crippen LogP contribution < -0.4 is 5.32 Å². The third-order valence-electron chi connectivity index (χ3n) is 3.80. The Labute approximate surface area is 120 Å². The second kappa shape index (κ2) is 6.67. The molecule has 0 saturated heterocycles. The predicted octanol–water partition coefficient (Wildman–Crippen LogP) is 4.34. The highest BCUT2D eigenvalue weighted by Crippen LogP contribution is 2.22. The average molecular weight is 271 g/mol. The quantitative estimate of drug-likeness (QED) is 0.853. The minimum atomic E-state index is -0.0783. The Balaban J connectivity index is 2.12. The van der Waals surface area contributed by atoms with Gasteiger partial charge in [0.2, 0.25) is 0 Å². The van der Waals surface area contributed by atoms with E-state index in [2.05, 4.69) is 23.5 Å². The summed E-state index contributed by atoms with van der Waals surface area (Å²) >= 11 is 0. The number of benzene rings is 2. The van der Waals surface area contributed by atoms with Gasteiger partial charge in [-0.2, -0.15) is 0 Å². The minimum Gasteiger partial charge on any atom is -0.313 e. The molecular formula is C18H22FN. The van der Waals surface area contributed by atoms with Crippen molar-refractivity contribution in [2.45, 2.75) is 32.7 Å². The van der Waals surface area contributed by atoms with Gasteiger partial charge in [-0.05, 0) is 62.1 Å². The van der Waals surface area contributed by atoms with E-state index in [1.165, 1.54) is 5.56 Å². The molecule has 1 N–H and O–H groups in total. The van der Waals surface area contributed by atoms with Gasteiger partial charge >= 0.3 is 0 Å². The molecule has 0 heterocycles. The summed E-state index contributed by atoms with van der Waals surface area (Å²) in [4.78, 5) is 0. The van der Waals surface area contributed by atoms with Crippen LogP contribution in [0.15, 0.2) is 42.5 Å². The van der Waals surface area contributed by atoms with E-state index in [1.54, 1.807) is 6.07 Å². The Hall–Kier alpha value is -1.67. The molecule has 0 saturated carbocycles. The largest absolute Gasteiger partial charge is 0.313 e. The third-order valence-corrected chi connectivity index (χ3v) is 3.80. The van der Waals surface area contributed by atoms with Crippen molar-refractivity contribution in [2.24, 2.45) is 0 Å². The molecule has 0 aliphatic heterocycles. The van der Waals surface area contributed by atoms with E-state index in [4.69, 9.17) is 0 Å². The topological polar surface area (TPSA) is 12.0 Å². The summed E-state index contributed by atoms with van der Waals surface area (Å²) in [5.41, 5.74) is 4.12. The number of rotatable bonds is 5. The summed E-state index contributed by atoms with van der Waals surface area (Å²) in [7, 11) is 1.95. The first-order chi connectivity index (χ1) is 9.61. The van der Waals surface area contributed by atoms with Crippen molar-refractivity contribution in [3.8, 4) is 0 Å². The molecule has 0 radical (unpaired) electrons. The molecule has 2 aromatic rings. The fraction of sp³-hybridized carbons (Fsp3) is 0.333. The van der Waals surface area contributed by atoms with Gasteiger partial charge in [-0.15, -0.1) is 0 Å². The summed E-state index contributed by atoms with van der Waals surface area (Å²) in [5.74, 6) is -0.0783.